The van der Waals surface area contributed by atoms with E-state index in [0.29, 0.717) is 0 Å². The molecule has 0 atom stereocenters. The van der Waals surface area contributed by atoms with Crippen LogP contribution >= 0.6 is 0 Å². The number of nitrogens with zero attached hydrogens (tertiary/aromatic N) is 3. The third-order valence-corrected chi connectivity index (χ3v) is 2.41. The van der Waals surface area contributed by atoms with E-state index >= 15 is 0 Å². The summed E-state index contributed by atoms with van der Waals surface area (Å²) in [5, 5.41) is 10.5. The predicted molar refractivity (Wildman–Crippen MR) is 63.5 cm³/mol. The van der Waals surface area contributed by atoms with Gasteiger partial charge in [0.25, 0.3) is 5.69 Å². The minimum atomic E-state index is -4.65. The summed E-state index contributed by atoms with van der Waals surface area (Å²) in [6.45, 7) is 0. The first-order valence-corrected chi connectivity index (χ1v) is 5.24. The molecule has 1 aromatic heterocycles. The van der Waals surface area contributed by atoms with Gasteiger partial charge in [-0.2, -0.15) is 13.2 Å². The summed E-state index contributed by atoms with van der Waals surface area (Å²) in [6.07, 6.45) is -4.65. The van der Waals surface area contributed by atoms with Crippen molar-refractivity contribution in [3.63, 3.8) is 0 Å². The number of nitrogen functional groups attached to an aromatic ring is 1. The Kier molecular flexibility index (Phi) is 3.26. The predicted octanol–water partition coefficient (Wildman–Crippen LogP) is 2.65. The summed E-state index contributed by atoms with van der Waals surface area (Å²) < 4.78 is 37.8. The van der Waals surface area contributed by atoms with Crippen molar-refractivity contribution in [1.29, 1.82) is 0 Å². The number of hydrogen-bond acceptors (Lipinski definition) is 5. The summed E-state index contributed by atoms with van der Waals surface area (Å²) >= 11 is 0. The zero-order chi connectivity index (χ0) is 14.9. The average molecular weight is 284 g/mol. The van der Waals surface area contributed by atoms with E-state index in [4.69, 9.17) is 5.73 Å². The number of hydrogen-bond donors (Lipinski definition) is 1. The number of alkyl halides is 3. The number of nitro groups is 1. The molecule has 0 saturated carbocycles. The highest BCUT2D eigenvalue weighted by Gasteiger charge is 2.33. The number of rotatable bonds is 2. The number of aromatic nitrogens is 2. The van der Waals surface area contributed by atoms with E-state index < -0.39 is 22.7 Å². The van der Waals surface area contributed by atoms with Crippen molar-refractivity contribution in [2.24, 2.45) is 0 Å². The van der Waals surface area contributed by atoms with Crippen LogP contribution in [0.4, 0.5) is 24.8 Å². The van der Waals surface area contributed by atoms with Crippen LogP contribution in [-0.2, 0) is 6.18 Å². The van der Waals surface area contributed by atoms with Gasteiger partial charge in [-0.1, -0.05) is 0 Å². The van der Waals surface area contributed by atoms with Crippen molar-refractivity contribution >= 4 is 11.6 Å². The van der Waals surface area contributed by atoms with Crippen LogP contribution in [0.3, 0.4) is 0 Å². The van der Waals surface area contributed by atoms with Crippen LogP contribution in [0, 0.1) is 10.1 Å². The van der Waals surface area contributed by atoms with Crippen molar-refractivity contribution in [2.45, 2.75) is 6.18 Å². The van der Waals surface area contributed by atoms with Gasteiger partial charge >= 0.3 is 6.18 Å². The van der Waals surface area contributed by atoms with Crippen molar-refractivity contribution in [1.82, 2.24) is 9.97 Å². The maximum absolute atomic E-state index is 12.6. The molecule has 0 amide bonds. The van der Waals surface area contributed by atoms with Crippen LogP contribution < -0.4 is 5.73 Å². The van der Waals surface area contributed by atoms with E-state index in [0.717, 1.165) is 6.07 Å². The molecule has 2 aromatic rings. The largest absolute Gasteiger partial charge is 0.433 e. The zero-order valence-corrected chi connectivity index (χ0v) is 9.76. The Morgan fingerprint density at radius 1 is 1.15 bits per heavy atom. The highest BCUT2D eigenvalue weighted by molar-refractivity contribution is 5.62. The molecule has 0 bridgehead atoms. The zero-order valence-electron chi connectivity index (χ0n) is 9.76. The van der Waals surface area contributed by atoms with Crippen molar-refractivity contribution < 1.29 is 18.1 Å². The summed E-state index contributed by atoms with van der Waals surface area (Å²) in [6, 6.07) is 5.65. The molecule has 2 rings (SSSR count). The topological polar surface area (TPSA) is 94.9 Å². The van der Waals surface area contributed by atoms with Crippen molar-refractivity contribution in [3.8, 4) is 11.3 Å². The Labute approximate surface area is 110 Å². The molecule has 0 radical (unpaired) electrons. The molecular formula is C11H7F3N4O2. The van der Waals surface area contributed by atoms with Gasteiger partial charge in [-0.25, -0.2) is 9.97 Å². The molecule has 0 spiro atoms. The van der Waals surface area contributed by atoms with Gasteiger partial charge in [0.1, 0.15) is 0 Å². The lowest BCUT2D eigenvalue weighted by Gasteiger charge is -2.08. The molecule has 9 heteroatoms. The lowest BCUT2D eigenvalue weighted by atomic mass is 10.1. The molecule has 0 unspecified atom stereocenters. The van der Waals surface area contributed by atoms with Crippen molar-refractivity contribution in [3.05, 3.63) is 46.1 Å². The first-order valence-electron chi connectivity index (χ1n) is 5.24. The first kappa shape index (κ1) is 13.7. The van der Waals surface area contributed by atoms with E-state index in [9.17, 15) is 23.3 Å². The molecule has 0 aliphatic heterocycles. The summed E-state index contributed by atoms with van der Waals surface area (Å²) in [5.41, 5.74) is 4.12. The van der Waals surface area contributed by atoms with Crippen LogP contribution in [0.1, 0.15) is 5.69 Å². The first-order chi connectivity index (χ1) is 9.27. The average Bonchev–Trinajstić information content (AvgIpc) is 2.37. The molecule has 0 aliphatic carbocycles. The normalized spacial score (nSPS) is 11.3. The van der Waals surface area contributed by atoms with E-state index in [1.54, 1.807) is 0 Å². The molecule has 104 valence electrons. The molecule has 0 fully saturated rings. The second-order valence-electron chi connectivity index (χ2n) is 3.80. The smallest absolute Gasteiger partial charge is 0.368 e. The number of benzene rings is 1. The Morgan fingerprint density at radius 3 is 2.25 bits per heavy atom. The van der Waals surface area contributed by atoms with Crippen molar-refractivity contribution in [2.75, 3.05) is 5.73 Å². The van der Waals surface area contributed by atoms with Gasteiger partial charge in [0.05, 0.1) is 10.6 Å². The molecular weight excluding hydrogens is 277 g/mol. The van der Waals surface area contributed by atoms with E-state index in [1.807, 2.05) is 0 Å². The maximum atomic E-state index is 12.6. The number of nitro benzene ring substituents is 1. The molecule has 1 aromatic carbocycles. The Morgan fingerprint density at radius 2 is 1.75 bits per heavy atom. The number of anilines is 1. The fourth-order valence-corrected chi connectivity index (χ4v) is 1.51. The van der Waals surface area contributed by atoms with Gasteiger partial charge in [-0.05, 0) is 18.2 Å². The second-order valence-corrected chi connectivity index (χ2v) is 3.80. The lowest BCUT2D eigenvalue weighted by molar-refractivity contribution is -0.384. The van der Waals surface area contributed by atoms with Crippen LogP contribution in [0.15, 0.2) is 30.3 Å². The molecule has 2 N–H and O–H groups in total. The van der Waals surface area contributed by atoms with Crippen LogP contribution in [0.2, 0.25) is 0 Å². The lowest BCUT2D eigenvalue weighted by Crippen LogP contribution is -2.11. The third kappa shape index (κ3) is 2.82. The highest BCUT2D eigenvalue weighted by Crippen LogP contribution is 2.31. The van der Waals surface area contributed by atoms with Crippen LogP contribution in [-0.4, -0.2) is 14.9 Å². The Bertz CT molecular complexity index is 656. The van der Waals surface area contributed by atoms with E-state index in [1.165, 1.54) is 24.3 Å². The van der Waals surface area contributed by atoms with Gasteiger partial charge in [0.15, 0.2) is 5.69 Å². The fourth-order valence-electron chi connectivity index (χ4n) is 1.51. The molecule has 1 heterocycles. The highest BCUT2D eigenvalue weighted by atomic mass is 19.4. The molecule has 6 nitrogen and oxygen atoms in total. The Hall–Kier alpha value is -2.71. The summed E-state index contributed by atoms with van der Waals surface area (Å²) in [4.78, 5) is 16.7. The number of halogens is 3. The number of nitrogens with two attached hydrogens (primary N) is 1. The van der Waals surface area contributed by atoms with Gasteiger partial charge in [0.2, 0.25) is 5.95 Å². The molecule has 0 aliphatic rings. The molecule has 20 heavy (non-hydrogen) atoms. The number of non-ortho nitro benzene ring substituents is 1. The van der Waals surface area contributed by atoms with Gasteiger partial charge in [-0.3, -0.25) is 10.1 Å². The minimum absolute atomic E-state index is 0.0558. The SMILES string of the molecule is Nc1nc(-c2ccc([N+](=O)[O-])cc2)cc(C(F)(F)F)n1. The third-order valence-electron chi connectivity index (χ3n) is 2.41. The molecule has 0 saturated heterocycles. The van der Waals surface area contributed by atoms with Crippen LogP contribution in [0.25, 0.3) is 11.3 Å². The summed E-state index contributed by atoms with van der Waals surface area (Å²) in [7, 11) is 0. The van der Waals surface area contributed by atoms with Crippen LogP contribution in [0.5, 0.6) is 0 Å². The van der Waals surface area contributed by atoms with E-state index in [2.05, 4.69) is 9.97 Å². The van der Waals surface area contributed by atoms with Gasteiger partial charge < -0.3 is 5.73 Å². The fraction of sp³-hybridized carbons (Fsp3) is 0.0909. The summed E-state index contributed by atoms with van der Waals surface area (Å²) in [5.74, 6) is -0.520. The maximum Gasteiger partial charge on any atom is 0.433 e. The second kappa shape index (κ2) is 4.76. The monoisotopic (exact) mass is 284 g/mol. The van der Waals surface area contributed by atoms with Gasteiger partial charge in [0, 0.05) is 17.7 Å². The quantitative estimate of drug-likeness (QED) is 0.675. The minimum Gasteiger partial charge on any atom is -0.368 e. The Balaban J connectivity index is 2.47. The standard InChI is InChI=1S/C11H7F3N4O2/c12-11(13,14)9-5-8(16-10(15)17-9)6-1-3-7(4-2-6)18(19)20/h1-5H,(H2,15,16,17). The van der Waals surface area contributed by atoms with Gasteiger partial charge in [-0.15, -0.1) is 0 Å². The van der Waals surface area contributed by atoms with E-state index in [-0.39, 0.29) is 16.9 Å².